The van der Waals surface area contributed by atoms with Crippen molar-refractivity contribution in [2.45, 2.75) is 82.5 Å². The van der Waals surface area contributed by atoms with E-state index in [9.17, 15) is 14.4 Å². The number of rotatable bonds is 2. The highest BCUT2D eigenvalue weighted by Crippen LogP contribution is 2.78. The predicted molar refractivity (Wildman–Crippen MR) is 113 cm³/mol. The maximum atomic E-state index is 13.6. The van der Waals surface area contributed by atoms with Crippen LogP contribution in [-0.2, 0) is 28.7 Å². The minimum absolute atomic E-state index is 0.0189. The van der Waals surface area contributed by atoms with E-state index in [1.165, 1.54) is 12.2 Å². The second-order valence-corrected chi connectivity index (χ2v) is 11.5. The third-order valence-corrected chi connectivity index (χ3v) is 10.6. The predicted octanol–water partition coefficient (Wildman–Crippen LogP) is 2.97. The third-order valence-electron chi connectivity index (χ3n) is 10.6. The first-order valence-corrected chi connectivity index (χ1v) is 12.1. The molecule has 5 fully saturated rings. The lowest BCUT2D eigenvalue weighted by atomic mass is 9.43. The second-order valence-electron chi connectivity index (χ2n) is 11.5. The van der Waals surface area contributed by atoms with Crippen LogP contribution in [-0.4, -0.2) is 54.2 Å². The maximum Gasteiger partial charge on any atom is 0.306 e. The molecule has 7 heteroatoms. The number of carbonyl (C=O) groups excluding carboxylic acids is 3. The van der Waals surface area contributed by atoms with Crippen molar-refractivity contribution < 1.29 is 28.7 Å². The Kier molecular flexibility index (Phi) is 4.06. The third kappa shape index (κ3) is 2.22. The molecule has 3 unspecified atom stereocenters. The number of carbonyl (C=O) groups is 3. The van der Waals surface area contributed by atoms with Gasteiger partial charge in [0, 0.05) is 36.6 Å². The molecule has 2 spiro atoms. The van der Waals surface area contributed by atoms with E-state index in [0.717, 1.165) is 37.7 Å². The number of esters is 1. The second kappa shape index (κ2) is 6.23. The number of fused-ring (bicyclic) bond motifs is 4. The van der Waals surface area contributed by atoms with Gasteiger partial charge in [-0.2, -0.15) is 0 Å². The van der Waals surface area contributed by atoms with Gasteiger partial charge in [-0.05, 0) is 50.5 Å². The minimum Gasteiger partial charge on any atom is -0.458 e. The Labute approximate surface area is 188 Å². The normalized spacial score (nSPS) is 50.7. The van der Waals surface area contributed by atoms with Crippen LogP contribution < -0.4 is 0 Å². The highest BCUT2D eigenvalue weighted by Gasteiger charge is 2.83. The first-order valence-electron chi connectivity index (χ1n) is 12.1. The van der Waals surface area contributed by atoms with Crippen molar-refractivity contribution >= 4 is 17.7 Å². The zero-order chi connectivity index (χ0) is 22.7. The highest BCUT2D eigenvalue weighted by atomic mass is 16.7. The van der Waals surface area contributed by atoms with Crippen molar-refractivity contribution in [3.63, 3.8) is 0 Å². The summed E-state index contributed by atoms with van der Waals surface area (Å²) < 4.78 is 12.8. The number of ketones is 1. The molecule has 6 rings (SSSR count). The standard InChI is InChI=1S/C25H33NO6/c1-22-8-5-15(27)11-14(22)12-16(21(29)26(3)30-4)20-17-6-9-24(10-7-19(28)32-24)23(17,2)13-18-25(20,22)31-18/h11,16-18,20H,5-10,12-13H2,1-4H3/t16-,17?,18+,20?,22+,23+,24-,25?/m1/s1. The molecular weight excluding hydrogens is 410 g/mol. The number of hydrogen-bond acceptors (Lipinski definition) is 6. The van der Waals surface area contributed by atoms with Crippen LogP contribution in [0.4, 0.5) is 0 Å². The van der Waals surface area contributed by atoms with Crippen molar-refractivity contribution in [2.24, 2.45) is 28.6 Å². The largest absolute Gasteiger partial charge is 0.458 e. The SMILES string of the molecule is CON(C)C(=O)[C@@H]1CC2=CC(=O)CC[C@]2(C)C23O[C@H]2C[C@@]2(C)C(CC[C@@]24CCC(=O)O4)C13. The van der Waals surface area contributed by atoms with E-state index in [2.05, 4.69) is 13.8 Å². The Hall–Kier alpha value is -1.73. The van der Waals surface area contributed by atoms with E-state index in [1.54, 1.807) is 13.1 Å². The van der Waals surface area contributed by atoms with Gasteiger partial charge in [-0.25, -0.2) is 5.06 Å². The number of epoxide rings is 1. The fourth-order valence-corrected chi connectivity index (χ4v) is 8.87. The van der Waals surface area contributed by atoms with Gasteiger partial charge in [-0.1, -0.05) is 19.4 Å². The molecular formula is C25H33NO6. The Morgan fingerprint density at radius 1 is 1.19 bits per heavy atom. The average Bonchev–Trinajstić information content (AvgIpc) is 3.25. The van der Waals surface area contributed by atoms with Crippen LogP contribution in [0.25, 0.3) is 0 Å². The zero-order valence-electron chi connectivity index (χ0n) is 19.4. The number of nitrogens with zero attached hydrogens (tertiary/aromatic N) is 1. The molecule has 0 aromatic carbocycles. The van der Waals surface area contributed by atoms with Gasteiger partial charge in [0.25, 0.3) is 0 Å². The first kappa shape index (κ1) is 20.8. The Morgan fingerprint density at radius 3 is 2.66 bits per heavy atom. The van der Waals surface area contributed by atoms with Crippen molar-refractivity contribution in [2.75, 3.05) is 14.2 Å². The van der Waals surface area contributed by atoms with Gasteiger partial charge in [0.2, 0.25) is 5.91 Å². The fraction of sp³-hybridized carbons (Fsp3) is 0.800. The van der Waals surface area contributed by atoms with E-state index < -0.39 is 11.2 Å². The molecule has 0 N–H and O–H groups in total. The van der Waals surface area contributed by atoms with Crippen molar-refractivity contribution in [3.8, 4) is 0 Å². The monoisotopic (exact) mass is 443 g/mol. The average molecular weight is 444 g/mol. The van der Waals surface area contributed by atoms with Crippen molar-refractivity contribution in [1.29, 1.82) is 0 Å². The number of hydrogen-bond donors (Lipinski definition) is 0. The molecule has 32 heavy (non-hydrogen) atoms. The minimum atomic E-state index is -0.437. The lowest BCUT2D eigenvalue weighted by Gasteiger charge is -2.58. The van der Waals surface area contributed by atoms with Gasteiger partial charge in [-0.15, -0.1) is 0 Å². The Bertz CT molecular complexity index is 960. The molecule has 6 aliphatic rings. The summed E-state index contributed by atoms with van der Waals surface area (Å²) in [6.45, 7) is 4.52. The molecule has 8 atom stereocenters. The van der Waals surface area contributed by atoms with Crippen LogP contribution in [0, 0.1) is 28.6 Å². The van der Waals surface area contributed by atoms with Crippen molar-refractivity contribution in [3.05, 3.63) is 11.6 Å². The molecule has 174 valence electrons. The molecule has 0 radical (unpaired) electrons. The van der Waals surface area contributed by atoms with Crippen LogP contribution in [0.5, 0.6) is 0 Å². The first-order chi connectivity index (χ1) is 15.1. The van der Waals surface area contributed by atoms with E-state index >= 15 is 0 Å². The van der Waals surface area contributed by atoms with Gasteiger partial charge < -0.3 is 9.47 Å². The summed E-state index contributed by atoms with van der Waals surface area (Å²) in [6.07, 6.45) is 7.56. The van der Waals surface area contributed by atoms with Gasteiger partial charge in [0.1, 0.15) is 11.2 Å². The summed E-state index contributed by atoms with van der Waals surface area (Å²) in [4.78, 5) is 43.5. The van der Waals surface area contributed by atoms with Crippen LogP contribution >= 0.6 is 0 Å². The van der Waals surface area contributed by atoms with Crippen molar-refractivity contribution in [1.82, 2.24) is 5.06 Å². The van der Waals surface area contributed by atoms with E-state index in [-0.39, 0.29) is 52.3 Å². The molecule has 3 saturated carbocycles. The Balaban J connectivity index is 1.49. The van der Waals surface area contributed by atoms with E-state index in [1.807, 2.05) is 0 Å². The van der Waals surface area contributed by atoms with E-state index in [0.29, 0.717) is 19.3 Å². The van der Waals surface area contributed by atoms with E-state index in [4.69, 9.17) is 14.3 Å². The highest BCUT2D eigenvalue weighted by molar-refractivity contribution is 5.92. The maximum absolute atomic E-state index is 13.6. The Morgan fingerprint density at radius 2 is 1.97 bits per heavy atom. The lowest BCUT2D eigenvalue weighted by Crippen LogP contribution is -2.64. The van der Waals surface area contributed by atoms with Crippen LogP contribution in [0.1, 0.15) is 65.2 Å². The van der Waals surface area contributed by atoms with Gasteiger partial charge in [-0.3, -0.25) is 19.2 Å². The molecule has 7 nitrogen and oxygen atoms in total. The molecule has 2 heterocycles. The van der Waals surface area contributed by atoms with Crippen LogP contribution in [0.2, 0.25) is 0 Å². The van der Waals surface area contributed by atoms with Gasteiger partial charge in [0.05, 0.1) is 19.1 Å². The summed E-state index contributed by atoms with van der Waals surface area (Å²) in [5.41, 5.74) is -0.236. The molecule has 0 aromatic heterocycles. The number of hydroxylamine groups is 2. The van der Waals surface area contributed by atoms with Crippen LogP contribution in [0.15, 0.2) is 11.6 Å². The van der Waals surface area contributed by atoms with Gasteiger partial charge in [0.15, 0.2) is 5.78 Å². The summed E-state index contributed by atoms with van der Waals surface area (Å²) in [7, 11) is 3.17. The topological polar surface area (TPSA) is 85.4 Å². The quantitative estimate of drug-likeness (QED) is 0.371. The fourth-order valence-electron chi connectivity index (χ4n) is 8.87. The van der Waals surface area contributed by atoms with Gasteiger partial charge >= 0.3 is 5.97 Å². The summed E-state index contributed by atoms with van der Waals surface area (Å²) in [5.74, 6) is -0.0755. The molecule has 0 bridgehead atoms. The summed E-state index contributed by atoms with van der Waals surface area (Å²) in [6, 6.07) is 0. The molecule has 0 aromatic rings. The lowest BCUT2D eigenvalue weighted by molar-refractivity contribution is -0.186. The molecule has 2 aliphatic heterocycles. The zero-order valence-corrected chi connectivity index (χ0v) is 19.4. The summed E-state index contributed by atoms with van der Waals surface area (Å²) >= 11 is 0. The summed E-state index contributed by atoms with van der Waals surface area (Å²) in [5, 5.41) is 1.33. The smallest absolute Gasteiger partial charge is 0.306 e. The van der Waals surface area contributed by atoms with Crippen LogP contribution in [0.3, 0.4) is 0 Å². The number of amides is 1. The molecule has 2 saturated heterocycles. The number of ether oxygens (including phenoxy) is 2. The molecule has 4 aliphatic carbocycles. The molecule has 1 amide bonds.